The summed E-state index contributed by atoms with van der Waals surface area (Å²) in [6.45, 7) is 3.63. The van der Waals surface area contributed by atoms with Gasteiger partial charge in [0.2, 0.25) is 5.95 Å². The number of benzene rings is 1. The molecule has 0 radical (unpaired) electrons. The van der Waals surface area contributed by atoms with Crippen LogP contribution in [0.25, 0.3) is 17.1 Å². The second-order valence-corrected chi connectivity index (χ2v) is 10.5. The second-order valence-electron chi connectivity index (χ2n) is 10.5. The van der Waals surface area contributed by atoms with Crippen molar-refractivity contribution in [1.29, 1.82) is 0 Å². The highest BCUT2D eigenvalue weighted by molar-refractivity contribution is 5.59. The van der Waals surface area contributed by atoms with Gasteiger partial charge in [-0.3, -0.25) is 9.13 Å². The molecular weight excluding hydrogens is 471 g/mol. The minimum Gasteiger partial charge on any atom is -0.379 e. The van der Waals surface area contributed by atoms with Gasteiger partial charge in [0.05, 0.1) is 29.7 Å². The third-order valence-electron chi connectivity index (χ3n) is 8.15. The first-order chi connectivity index (χ1) is 18.2. The molecule has 6 rings (SSSR count). The van der Waals surface area contributed by atoms with E-state index in [1.807, 2.05) is 12.3 Å². The molecule has 0 amide bonds. The standard InChI is InChI=1S/C28H35FN6O2/c29-20-4-8-23(9-5-20)35-26(18-34(28(35)36)24-13-17-37-19-24)25-12-14-30-27(32-25)31-21-6-10-22(11-7-21)33-15-2-1-3-16-33/h4-5,8-9,12,14,18,21-22,24H,1-3,6-7,10-11,13,15-17,19H2,(H,30,31,32). The predicted octanol–water partition coefficient (Wildman–Crippen LogP) is 4.41. The molecule has 1 aliphatic carbocycles. The first kappa shape index (κ1) is 24.3. The maximum absolute atomic E-state index is 13.6. The lowest BCUT2D eigenvalue weighted by molar-refractivity contribution is 0.127. The highest BCUT2D eigenvalue weighted by Gasteiger charge is 2.28. The molecule has 0 bridgehead atoms. The van der Waals surface area contributed by atoms with Gasteiger partial charge in [0.1, 0.15) is 5.82 Å². The quantitative estimate of drug-likeness (QED) is 0.534. The van der Waals surface area contributed by atoms with Gasteiger partial charge in [-0.25, -0.2) is 19.2 Å². The van der Waals surface area contributed by atoms with Gasteiger partial charge >= 0.3 is 5.69 Å². The molecule has 8 nitrogen and oxygen atoms in total. The van der Waals surface area contributed by atoms with Crippen LogP contribution in [0.3, 0.4) is 0 Å². The molecule has 1 atom stereocenters. The van der Waals surface area contributed by atoms with Crippen LogP contribution in [-0.2, 0) is 4.74 Å². The Balaban J connectivity index is 1.24. The van der Waals surface area contributed by atoms with Gasteiger partial charge in [-0.15, -0.1) is 0 Å². The normalized spacial score (nSPS) is 24.8. The number of anilines is 1. The minimum atomic E-state index is -0.342. The lowest BCUT2D eigenvalue weighted by Gasteiger charge is -2.39. The molecule has 3 fully saturated rings. The van der Waals surface area contributed by atoms with Crippen LogP contribution >= 0.6 is 0 Å². The number of nitrogens with zero attached hydrogens (tertiary/aromatic N) is 5. The SMILES string of the molecule is O=c1n(C2CCOC2)cc(-c2ccnc(NC3CCC(N4CCCCC4)CC3)n2)n1-c1ccc(F)cc1. The van der Waals surface area contributed by atoms with Gasteiger partial charge in [0, 0.05) is 31.1 Å². The topological polar surface area (TPSA) is 77.2 Å². The summed E-state index contributed by atoms with van der Waals surface area (Å²) in [5.41, 5.74) is 1.73. The van der Waals surface area contributed by atoms with E-state index in [0.717, 1.165) is 19.3 Å². The molecule has 3 aromatic rings. The van der Waals surface area contributed by atoms with Crippen LogP contribution in [0.15, 0.2) is 47.5 Å². The van der Waals surface area contributed by atoms with Gasteiger partial charge in [0.15, 0.2) is 0 Å². The Morgan fingerprint density at radius 3 is 2.46 bits per heavy atom. The van der Waals surface area contributed by atoms with E-state index in [2.05, 4.69) is 15.2 Å². The molecule has 196 valence electrons. The first-order valence-corrected chi connectivity index (χ1v) is 13.7. The average Bonchev–Trinajstić information content (AvgIpc) is 3.58. The molecule has 1 aromatic carbocycles. The predicted molar refractivity (Wildman–Crippen MR) is 141 cm³/mol. The molecule has 4 heterocycles. The summed E-state index contributed by atoms with van der Waals surface area (Å²) >= 11 is 0. The van der Waals surface area contributed by atoms with E-state index in [9.17, 15) is 9.18 Å². The van der Waals surface area contributed by atoms with Crippen LogP contribution in [0.5, 0.6) is 0 Å². The van der Waals surface area contributed by atoms with E-state index in [1.165, 1.54) is 57.3 Å². The fourth-order valence-electron chi connectivity index (χ4n) is 6.11. The number of imidazole rings is 1. The highest BCUT2D eigenvalue weighted by Crippen LogP contribution is 2.28. The van der Waals surface area contributed by atoms with E-state index in [0.29, 0.717) is 48.3 Å². The van der Waals surface area contributed by atoms with E-state index in [1.54, 1.807) is 27.5 Å². The molecule has 2 aromatic heterocycles. The third-order valence-corrected chi connectivity index (χ3v) is 8.15. The summed E-state index contributed by atoms with van der Waals surface area (Å²) in [6.07, 6.45) is 13.0. The maximum atomic E-state index is 13.6. The zero-order chi connectivity index (χ0) is 25.2. The fourth-order valence-corrected chi connectivity index (χ4v) is 6.11. The summed E-state index contributed by atoms with van der Waals surface area (Å²) in [5, 5.41) is 3.55. The number of halogens is 1. The van der Waals surface area contributed by atoms with Crippen molar-refractivity contribution in [3.63, 3.8) is 0 Å². The van der Waals surface area contributed by atoms with Crippen molar-refractivity contribution in [2.24, 2.45) is 0 Å². The zero-order valence-corrected chi connectivity index (χ0v) is 21.2. The first-order valence-electron chi connectivity index (χ1n) is 13.7. The molecular formula is C28H35FN6O2. The van der Waals surface area contributed by atoms with E-state index < -0.39 is 0 Å². The number of likely N-dealkylation sites (tertiary alicyclic amines) is 1. The monoisotopic (exact) mass is 506 g/mol. The van der Waals surface area contributed by atoms with Crippen LogP contribution in [-0.4, -0.2) is 62.4 Å². The lowest BCUT2D eigenvalue weighted by atomic mass is 9.89. The zero-order valence-electron chi connectivity index (χ0n) is 21.2. The van der Waals surface area contributed by atoms with Crippen molar-refractivity contribution < 1.29 is 9.13 Å². The number of nitrogens with one attached hydrogen (secondary N) is 1. The van der Waals surface area contributed by atoms with Crippen molar-refractivity contribution in [1.82, 2.24) is 24.0 Å². The number of hydrogen-bond donors (Lipinski definition) is 1. The smallest absolute Gasteiger partial charge is 0.333 e. The molecule has 1 N–H and O–H groups in total. The van der Waals surface area contributed by atoms with Crippen molar-refractivity contribution >= 4 is 5.95 Å². The third kappa shape index (κ3) is 5.20. The molecule has 1 saturated carbocycles. The molecule has 2 aliphatic heterocycles. The molecule has 37 heavy (non-hydrogen) atoms. The number of hydrogen-bond acceptors (Lipinski definition) is 6. The van der Waals surface area contributed by atoms with Crippen LogP contribution in [0, 0.1) is 5.82 Å². The Morgan fingerprint density at radius 1 is 0.946 bits per heavy atom. The average molecular weight is 507 g/mol. The summed E-state index contributed by atoms with van der Waals surface area (Å²) in [4.78, 5) is 25.5. The Hall–Kier alpha value is -3.04. The van der Waals surface area contributed by atoms with Gasteiger partial charge in [-0.2, -0.15) is 0 Å². The second kappa shape index (κ2) is 10.8. The molecule has 1 unspecified atom stereocenters. The summed E-state index contributed by atoms with van der Waals surface area (Å²) < 4.78 is 22.5. The molecule has 2 saturated heterocycles. The van der Waals surface area contributed by atoms with Crippen LogP contribution in [0.1, 0.15) is 57.4 Å². The Morgan fingerprint density at radius 2 is 1.73 bits per heavy atom. The summed E-state index contributed by atoms with van der Waals surface area (Å²) in [5.74, 6) is 0.236. The van der Waals surface area contributed by atoms with E-state index >= 15 is 0 Å². The van der Waals surface area contributed by atoms with Crippen molar-refractivity contribution in [2.45, 2.75) is 69.5 Å². The summed E-state index contributed by atoms with van der Waals surface area (Å²) in [6, 6.07) is 8.83. The van der Waals surface area contributed by atoms with Gasteiger partial charge in [-0.05, 0) is 88.4 Å². The van der Waals surface area contributed by atoms with Crippen LogP contribution in [0.2, 0.25) is 0 Å². The van der Waals surface area contributed by atoms with Crippen molar-refractivity contribution in [2.75, 3.05) is 31.6 Å². The van der Waals surface area contributed by atoms with Crippen molar-refractivity contribution in [3.05, 3.63) is 59.0 Å². The fraction of sp³-hybridized carbons (Fsp3) is 0.536. The number of aromatic nitrogens is 4. The Labute approximate surface area is 216 Å². The van der Waals surface area contributed by atoms with Crippen LogP contribution < -0.4 is 11.0 Å². The lowest BCUT2D eigenvalue weighted by Crippen LogP contribution is -2.43. The Kier molecular flexibility index (Phi) is 7.06. The molecule has 9 heteroatoms. The largest absolute Gasteiger partial charge is 0.379 e. The molecule has 0 spiro atoms. The molecule has 3 aliphatic rings. The highest BCUT2D eigenvalue weighted by atomic mass is 19.1. The Bertz CT molecular complexity index is 1250. The van der Waals surface area contributed by atoms with Gasteiger partial charge in [-0.1, -0.05) is 6.42 Å². The maximum Gasteiger partial charge on any atom is 0.333 e. The van der Waals surface area contributed by atoms with Crippen LogP contribution in [0.4, 0.5) is 10.3 Å². The number of piperidine rings is 1. The number of ether oxygens (including phenoxy) is 1. The van der Waals surface area contributed by atoms with E-state index in [-0.39, 0.29) is 17.5 Å². The van der Waals surface area contributed by atoms with E-state index in [4.69, 9.17) is 9.72 Å². The summed E-state index contributed by atoms with van der Waals surface area (Å²) in [7, 11) is 0. The number of rotatable bonds is 6. The van der Waals surface area contributed by atoms with Gasteiger partial charge < -0.3 is 15.0 Å². The van der Waals surface area contributed by atoms with Gasteiger partial charge in [0.25, 0.3) is 0 Å². The van der Waals surface area contributed by atoms with Crippen molar-refractivity contribution in [3.8, 4) is 17.1 Å². The minimum absolute atomic E-state index is 0.0255.